The number of aryl methyl sites for hydroxylation is 1. The van der Waals surface area contributed by atoms with Gasteiger partial charge in [0.15, 0.2) is 11.0 Å². The Kier molecular flexibility index (Phi) is 7.27. The number of benzene rings is 2. The number of aromatic nitrogens is 4. The van der Waals surface area contributed by atoms with Crippen LogP contribution in [0.3, 0.4) is 0 Å². The Labute approximate surface area is 197 Å². The SMILES string of the molecule is CCn1c(COc2ccc(C(C)C)cc2)nnc1SCc1csc(-c2ccccc2C)n1. The zero-order chi connectivity index (χ0) is 22.5. The molecule has 0 saturated carbocycles. The molecule has 0 N–H and O–H groups in total. The molecule has 2 heterocycles. The highest BCUT2D eigenvalue weighted by atomic mass is 32.2. The van der Waals surface area contributed by atoms with Gasteiger partial charge in [0.05, 0.1) is 5.69 Å². The zero-order valence-corrected chi connectivity index (χ0v) is 20.5. The summed E-state index contributed by atoms with van der Waals surface area (Å²) in [4.78, 5) is 4.83. The molecule has 0 aliphatic carbocycles. The van der Waals surface area contributed by atoms with Gasteiger partial charge in [-0.05, 0) is 43.0 Å². The highest BCUT2D eigenvalue weighted by Crippen LogP contribution is 2.29. The van der Waals surface area contributed by atoms with Crippen LogP contribution in [0.2, 0.25) is 0 Å². The molecule has 0 aliphatic rings. The van der Waals surface area contributed by atoms with E-state index in [1.165, 1.54) is 16.7 Å². The second kappa shape index (κ2) is 10.3. The van der Waals surface area contributed by atoms with Crippen molar-refractivity contribution in [3.63, 3.8) is 0 Å². The second-order valence-corrected chi connectivity index (χ2v) is 9.70. The molecule has 32 heavy (non-hydrogen) atoms. The number of thiazole rings is 1. The van der Waals surface area contributed by atoms with Crippen LogP contribution in [0, 0.1) is 6.92 Å². The fourth-order valence-corrected chi connectivity index (χ4v) is 5.32. The molecule has 0 bridgehead atoms. The molecule has 166 valence electrons. The van der Waals surface area contributed by atoms with E-state index >= 15 is 0 Å². The number of ether oxygens (including phenoxy) is 1. The molecule has 4 aromatic rings. The standard InChI is InChI=1S/C25H28N4OS2/c1-5-29-23(14-30-21-12-10-19(11-13-21)17(2)3)27-28-25(29)32-16-20-15-31-24(26-20)22-9-7-6-8-18(22)4/h6-13,15,17H,5,14,16H2,1-4H3. The summed E-state index contributed by atoms with van der Waals surface area (Å²) in [6, 6.07) is 16.6. The van der Waals surface area contributed by atoms with Crippen molar-refractivity contribution >= 4 is 23.1 Å². The van der Waals surface area contributed by atoms with Gasteiger partial charge in [0.2, 0.25) is 0 Å². The number of thioether (sulfide) groups is 1. The highest BCUT2D eigenvalue weighted by molar-refractivity contribution is 7.98. The monoisotopic (exact) mass is 464 g/mol. The summed E-state index contributed by atoms with van der Waals surface area (Å²) in [6.07, 6.45) is 0. The number of hydrogen-bond acceptors (Lipinski definition) is 6. The molecule has 0 fully saturated rings. The van der Waals surface area contributed by atoms with E-state index in [2.05, 4.69) is 84.2 Å². The van der Waals surface area contributed by atoms with Gasteiger partial charge in [-0.2, -0.15) is 0 Å². The first kappa shape index (κ1) is 22.6. The Morgan fingerprint density at radius 3 is 2.56 bits per heavy atom. The van der Waals surface area contributed by atoms with E-state index in [1.54, 1.807) is 23.1 Å². The predicted octanol–water partition coefficient (Wildman–Crippen LogP) is 6.72. The molecule has 2 aromatic heterocycles. The van der Waals surface area contributed by atoms with E-state index in [9.17, 15) is 0 Å². The highest BCUT2D eigenvalue weighted by Gasteiger charge is 2.14. The van der Waals surface area contributed by atoms with Crippen LogP contribution in [0.1, 0.15) is 49.3 Å². The quantitative estimate of drug-likeness (QED) is 0.257. The summed E-state index contributed by atoms with van der Waals surface area (Å²) in [5.41, 5.74) is 4.81. The molecule has 0 unspecified atom stereocenters. The average molecular weight is 465 g/mol. The van der Waals surface area contributed by atoms with Crippen molar-refractivity contribution in [2.45, 2.75) is 57.7 Å². The molecule has 0 saturated heterocycles. The van der Waals surface area contributed by atoms with Gasteiger partial charge in [-0.25, -0.2) is 4.98 Å². The zero-order valence-electron chi connectivity index (χ0n) is 18.9. The fourth-order valence-electron chi connectivity index (χ4n) is 3.40. The maximum Gasteiger partial charge on any atom is 0.191 e. The lowest BCUT2D eigenvalue weighted by atomic mass is 10.0. The van der Waals surface area contributed by atoms with Gasteiger partial charge in [-0.1, -0.05) is 62.0 Å². The minimum atomic E-state index is 0.399. The molecule has 0 atom stereocenters. The minimum absolute atomic E-state index is 0.399. The van der Waals surface area contributed by atoms with Gasteiger partial charge < -0.3 is 9.30 Å². The van der Waals surface area contributed by atoms with Crippen LogP contribution in [-0.4, -0.2) is 19.7 Å². The summed E-state index contributed by atoms with van der Waals surface area (Å²) >= 11 is 3.35. The van der Waals surface area contributed by atoms with Crippen molar-refractivity contribution in [2.24, 2.45) is 0 Å². The molecule has 0 spiro atoms. The summed E-state index contributed by atoms with van der Waals surface area (Å²) in [5, 5.41) is 12.9. The lowest BCUT2D eigenvalue weighted by Gasteiger charge is -2.10. The van der Waals surface area contributed by atoms with Crippen LogP contribution in [0.25, 0.3) is 10.6 Å². The van der Waals surface area contributed by atoms with Crippen LogP contribution in [0.5, 0.6) is 5.75 Å². The Balaban J connectivity index is 1.38. The van der Waals surface area contributed by atoms with Crippen molar-refractivity contribution < 1.29 is 4.74 Å². The normalized spacial score (nSPS) is 11.3. The van der Waals surface area contributed by atoms with Gasteiger partial charge in [-0.3, -0.25) is 0 Å². The van der Waals surface area contributed by atoms with Crippen molar-refractivity contribution in [1.29, 1.82) is 0 Å². The lowest BCUT2D eigenvalue weighted by Crippen LogP contribution is -2.07. The molecule has 5 nitrogen and oxygen atoms in total. The van der Waals surface area contributed by atoms with Crippen LogP contribution >= 0.6 is 23.1 Å². The molecule has 4 rings (SSSR count). The Morgan fingerprint density at radius 1 is 1.06 bits per heavy atom. The van der Waals surface area contributed by atoms with E-state index < -0.39 is 0 Å². The molecule has 2 aromatic carbocycles. The van der Waals surface area contributed by atoms with Crippen molar-refractivity contribution in [3.05, 3.63) is 76.6 Å². The van der Waals surface area contributed by atoms with Gasteiger partial charge in [0.1, 0.15) is 17.4 Å². The van der Waals surface area contributed by atoms with E-state index in [0.29, 0.717) is 12.5 Å². The van der Waals surface area contributed by atoms with Gasteiger partial charge >= 0.3 is 0 Å². The number of rotatable bonds is 9. The second-order valence-electron chi connectivity index (χ2n) is 7.90. The maximum absolute atomic E-state index is 5.97. The predicted molar refractivity (Wildman–Crippen MR) is 132 cm³/mol. The Hall–Kier alpha value is -2.64. The smallest absolute Gasteiger partial charge is 0.191 e. The third kappa shape index (κ3) is 5.22. The molecule has 7 heteroatoms. The largest absolute Gasteiger partial charge is 0.486 e. The van der Waals surface area contributed by atoms with Crippen molar-refractivity contribution in [2.75, 3.05) is 0 Å². The third-order valence-electron chi connectivity index (χ3n) is 5.30. The summed E-state index contributed by atoms with van der Waals surface area (Å²) < 4.78 is 8.08. The summed E-state index contributed by atoms with van der Waals surface area (Å²) in [7, 11) is 0. The molecular formula is C25H28N4OS2. The third-order valence-corrected chi connectivity index (χ3v) is 7.23. The molecule has 0 radical (unpaired) electrons. The maximum atomic E-state index is 5.97. The lowest BCUT2D eigenvalue weighted by molar-refractivity contribution is 0.288. The molecule has 0 aliphatic heterocycles. The number of nitrogens with zero attached hydrogens (tertiary/aromatic N) is 4. The summed E-state index contributed by atoms with van der Waals surface area (Å²) in [5.74, 6) is 2.96. The Morgan fingerprint density at radius 2 is 1.84 bits per heavy atom. The Bertz CT molecular complexity index is 1160. The first-order valence-corrected chi connectivity index (χ1v) is 12.7. The van der Waals surface area contributed by atoms with Gasteiger partial charge in [0.25, 0.3) is 0 Å². The van der Waals surface area contributed by atoms with Gasteiger partial charge in [0, 0.05) is 23.2 Å². The topological polar surface area (TPSA) is 52.8 Å². The minimum Gasteiger partial charge on any atom is -0.486 e. The van der Waals surface area contributed by atoms with Crippen LogP contribution in [0.15, 0.2) is 59.1 Å². The number of hydrogen-bond donors (Lipinski definition) is 0. The van der Waals surface area contributed by atoms with Crippen LogP contribution < -0.4 is 4.74 Å². The van der Waals surface area contributed by atoms with Crippen molar-refractivity contribution in [1.82, 2.24) is 19.7 Å². The van der Waals surface area contributed by atoms with E-state index in [4.69, 9.17) is 9.72 Å². The average Bonchev–Trinajstić information content (AvgIpc) is 3.43. The fraction of sp³-hybridized carbons (Fsp3) is 0.320. The van der Waals surface area contributed by atoms with E-state index in [0.717, 1.165) is 39.7 Å². The molecule has 0 amide bonds. The van der Waals surface area contributed by atoms with Crippen molar-refractivity contribution in [3.8, 4) is 16.3 Å². The van der Waals surface area contributed by atoms with E-state index in [-0.39, 0.29) is 0 Å². The van der Waals surface area contributed by atoms with E-state index in [1.807, 2.05) is 12.1 Å². The molecular weight excluding hydrogens is 436 g/mol. The first-order valence-electron chi connectivity index (χ1n) is 10.8. The van der Waals surface area contributed by atoms with Crippen LogP contribution in [-0.2, 0) is 18.9 Å². The van der Waals surface area contributed by atoms with Gasteiger partial charge in [-0.15, -0.1) is 21.5 Å². The summed E-state index contributed by atoms with van der Waals surface area (Å²) in [6.45, 7) is 9.80. The van der Waals surface area contributed by atoms with Crippen LogP contribution in [0.4, 0.5) is 0 Å². The first-order chi connectivity index (χ1) is 15.5.